The Bertz CT molecular complexity index is 739. The first-order valence-electron chi connectivity index (χ1n) is 9.74. The molecule has 0 aromatic heterocycles. The molecular weight excluding hydrogens is 336 g/mol. The molecule has 0 atom stereocenters. The molecule has 1 amide bonds. The number of unbranched alkanes of at least 4 members (excludes halogenated alkanes) is 2. The Balaban J connectivity index is 1.97. The van der Waals surface area contributed by atoms with Crippen molar-refractivity contribution in [2.45, 2.75) is 52.4 Å². The number of hydrazone groups is 1. The molecule has 1 N–H and O–H groups in total. The third-order valence-electron chi connectivity index (χ3n) is 4.34. The number of hydrogen-bond acceptors (Lipinski definition) is 3. The lowest BCUT2D eigenvalue weighted by Crippen LogP contribution is -2.26. The number of ether oxygens (including phenoxy) is 1. The summed E-state index contributed by atoms with van der Waals surface area (Å²) in [6, 6.07) is 17.8. The van der Waals surface area contributed by atoms with Crippen molar-refractivity contribution in [3.05, 3.63) is 65.7 Å². The van der Waals surface area contributed by atoms with Gasteiger partial charge < -0.3 is 4.74 Å². The van der Waals surface area contributed by atoms with Crippen LogP contribution in [0.15, 0.2) is 59.7 Å². The van der Waals surface area contributed by atoms with Gasteiger partial charge in [-0.25, -0.2) is 5.43 Å². The summed E-state index contributed by atoms with van der Waals surface area (Å²) in [7, 11) is 0. The molecule has 0 aliphatic heterocycles. The number of amides is 1. The van der Waals surface area contributed by atoms with Crippen LogP contribution in [0.1, 0.15) is 63.5 Å². The monoisotopic (exact) mass is 366 g/mol. The first-order valence-corrected chi connectivity index (χ1v) is 9.74. The van der Waals surface area contributed by atoms with Crippen LogP contribution in [0.25, 0.3) is 0 Å². The van der Waals surface area contributed by atoms with Gasteiger partial charge in [-0.1, -0.05) is 82.1 Å². The molecule has 0 fully saturated rings. The van der Waals surface area contributed by atoms with Crippen molar-refractivity contribution in [3.63, 3.8) is 0 Å². The van der Waals surface area contributed by atoms with Crippen molar-refractivity contribution in [3.8, 4) is 5.75 Å². The Morgan fingerprint density at radius 3 is 2.44 bits per heavy atom. The van der Waals surface area contributed by atoms with Crippen LogP contribution in [-0.4, -0.2) is 18.2 Å². The molecule has 2 aromatic carbocycles. The number of rotatable bonds is 10. The average Bonchev–Trinajstić information content (AvgIpc) is 2.69. The smallest absolute Gasteiger partial charge is 0.277 e. The fourth-order valence-corrected chi connectivity index (χ4v) is 2.83. The molecule has 0 saturated heterocycles. The van der Waals surface area contributed by atoms with E-state index in [2.05, 4.69) is 31.3 Å². The molecule has 144 valence electrons. The summed E-state index contributed by atoms with van der Waals surface area (Å²) in [6.45, 7) is 6.34. The summed E-state index contributed by atoms with van der Waals surface area (Å²) in [5, 5.41) is 4.37. The van der Waals surface area contributed by atoms with Gasteiger partial charge in [-0.15, -0.1) is 0 Å². The number of para-hydroxylation sites is 1. The van der Waals surface area contributed by atoms with Crippen LogP contribution in [0.4, 0.5) is 0 Å². The highest BCUT2D eigenvalue weighted by molar-refractivity contribution is 6.01. The third kappa shape index (κ3) is 6.89. The Hall–Kier alpha value is -2.62. The standard InChI is InChI=1S/C23H30N2O2/c1-4-5-7-15-21(19-12-8-6-9-13-19)24-25-23(26)17-27-22-16-11-10-14-20(22)18(2)3/h6,8-14,16,18H,4-5,7,15,17H2,1-3H3,(H,25,26)/b24-21+. The summed E-state index contributed by atoms with van der Waals surface area (Å²) in [5.74, 6) is 0.834. The van der Waals surface area contributed by atoms with E-state index in [0.29, 0.717) is 5.92 Å². The van der Waals surface area contributed by atoms with Gasteiger partial charge in [0.25, 0.3) is 5.91 Å². The Morgan fingerprint density at radius 1 is 1.04 bits per heavy atom. The largest absolute Gasteiger partial charge is 0.483 e. The van der Waals surface area contributed by atoms with Crippen LogP contribution in [0.2, 0.25) is 0 Å². The molecule has 0 heterocycles. The van der Waals surface area contributed by atoms with Crippen molar-refractivity contribution in [2.75, 3.05) is 6.61 Å². The van der Waals surface area contributed by atoms with Gasteiger partial charge in [-0.05, 0) is 36.0 Å². The van der Waals surface area contributed by atoms with E-state index in [1.165, 1.54) is 0 Å². The van der Waals surface area contributed by atoms with Gasteiger partial charge in [0.2, 0.25) is 0 Å². The van der Waals surface area contributed by atoms with Gasteiger partial charge in [0.05, 0.1) is 5.71 Å². The van der Waals surface area contributed by atoms with Crippen molar-refractivity contribution < 1.29 is 9.53 Å². The minimum Gasteiger partial charge on any atom is -0.483 e. The van der Waals surface area contributed by atoms with E-state index >= 15 is 0 Å². The van der Waals surface area contributed by atoms with E-state index in [1.54, 1.807) is 0 Å². The molecule has 0 bridgehead atoms. The zero-order valence-electron chi connectivity index (χ0n) is 16.6. The molecule has 0 aliphatic rings. The molecule has 0 saturated carbocycles. The van der Waals surface area contributed by atoms with E-state index in [1.807, 2.05) is 54.6 Å². The second-order valence-electron chi connectivity index (χ2n) is 6.90. The highest BCUT2D eigenvalue weighted by atomic mass is 16.5. The number of benzene rings is 2. The normalized spacial score (nSPS) is 11.5. The molecule has 0 radical (unpaired) electrons. The lowest BCUT2D eigenvalue weighted by Gasteiger charge is -2.13. The zero-order chi connectivity index (χ0) is 19.5. The average molecular weight is 367 g/mol. The summed E-state index contributed by atoms with van der Waals surface area (Å²) >= 11 is 0. The summed E-state index contributed by atoms with van der Waals surface area (Å²) in [6.07, 6.45) is 4.19. The first-order chi connectivity index (χ1) is 13.1. The SMILES string of the molecule is CCCCC/C(=N\NC(=O)COc1ccccc1C(C)C)c1ccccc1. The van der Waals surface area contributed by atoms with Gasteiger partial charge in [0.15, 0.2) is 6.61 Å². The van der Waals surface area contributed by atoms with Gasteiger partial charge >= 0.3 is 0 Å². The minimum absolute atomic E-state index is 0.0513. The van der Waals surface area contributed by atoms with E-state index in [0.717, 1.165) is 48.3 Å². The molecule has 4 heteroatoms. The predicted octanol–water partition coefficient (Wildman–Crippen LogP) is 5.29. The second-order valence-corrected chi connectivity index (χ2v) is 6.90. The van der Waals surface area contributed by atoms with Gasteiger partial charge in [0.1, 0.15) is 5.75 Å². The number of hydrogen-bond donors (Lipinski definition) is 1. The van der Waals surface area contributed by atoms with Gasteiger partial charge in [-0.3, -0.25) is 4.79 Å². The van der Waals surface area contributed by atoms with Crippen LogP contribution >= 0.6 is 0 Å². The predicted molar refractivity (Wildman–Crippen MR) is 111 cm³/mol. The van der Waals surface area contributed by atoms with E-state index < -0.39 is 0 Å². The molecular formula is C23H30N2O2. The minimum atomic E-state index is -0.252. The Morgan fingerprint density at radius 2 is 1.74 bits per heavy atom. The topological polar surface area (TPSA) is 50.7 Å². The Labute approximate surface area is 162 Å². The fourth-order valence-electron chi connectivity index (χ4n) is 2.83. The molecule has 4 nitrogen and oxygen atoms in total. The lowest BCUT2D eigenvalue weighted by molar-refractivity contribution is -0.123. The molecule has 2 rings (SSSR count). The van der Waals surface area contributed by atoms with Crippen LogP contribution in [0, 0.1) is 0 Å². The molecule has 27 heavy (non-hydrogen) atoms. The summed E-state index contributed by atoms with van der Waals surface area (Å²) < 4.78 is 5.72. The first kappa shape index (κ1) is 20.7. The van der Waals surface area contributed by atoms with Crippen LogP contribution in [0.3, 0.4) is 0 Å². The maximum atomic E-state index is 12.2. The van der Waals surface area contributed by atoms with Crippen molar-refractivity contribution in [2.24, 2.45) is 5.10 Å². The highest BCUT2D eigenvalue weighted by Gasteiger charge is 2.10. The summed E-state index contributed by atoms with van der Waals surface area (Å²) in [5.41, 5.74) is 5.69. The molecule has 2 aromatic rings. The fraction of sp³-hybridized carbons (Fsp3) is 0.391. The number of carbonyl (C=O) groups is 1. The quantitative estimate of drug-likeness (QED) is 0.353. The molecule has 0 spiro atoms. The lowest BCUT2D eigenvalue weighted by atomic mass is 10.0. The van der Waals surface area contributed by atoms with Crippen LogP contribution < -0.4 is 10.2 Å². The van der Waals surface area contributed by atoms with E-state index in [-0.39, 0.29) is 12.5 Å². The zero-order valence-corrected chi connectivity index (χ0v) is 16.6. The van der Waals surface area contributed by atoms with Crippen LogP contribution in [-0.2, 0) is 4.79 Å². The van der Waals surface area contributed by atoms with Crippen molar-refractivity contribution in [1.82, 2.24) is 5.43 Å². The maximum Gasteiger partial charge on any atom is 0.277 e. The van der Waals surface area contributed by atoms with Gasteiger partial charge in [0, 0.05) is 0 Å². The number of carbonyl (C=O) groups excluding carboxylic acids is 1. The van der Waals surface area contributed by atoms with Crippen LogP contribution in [0.5, 0.6) is 5.75 Å². The van der Waals surface area contributed by atoms with Gasteiger partial charge in [-0.2, -0.15) is 5.10 Å². The third-order valence-corrected chi connectivity index (χ3v) is 4.34. The van der Waals surface area contributed by atoms with Crippen molar-refractivity contribution in [1.29, 1.82) is 0 Å². The van der Waals surface area contributed by atoms with E-state index in [9.17, 15) is 4.79 Å². The molecule has 0 unspecified atom stereocenters. The van der Waals surface area contributed by atoms with E-state index in [4.69, 9.17) is 4.74 Å². The maximum absolute atomic E-state index is 12.2. The summed E-state index contributed by atoms with van der Waals surface area (Å²) in [4.78, 5) is 12.2. The number of nitrogens with one attached hydrogen (secondary N) is 1. The Kier molecular flexibility index (Phi) is 8.56. The highest BCUT2D eigenvalue weighted by Crippen LogP contribution is 2.25. The molecule has 0 aliphatic carbocycles. The second kappa shape index (κ2) is 11.2. The number of nitrogens with zero attached hydrogens (tertiary/aromatic N) is 1. The van der Waals surface area contributed by atoms with Crippen molar-refractivity contribution >= 4 is 11.6 Å².